The second kappa shape index (κ2) is 11.3. The molecule has 0 aliphatic carbocycles. The zero-order chi connectivity index (χ0) is 29.6. The topological polar surface area (TPSA) is 86.0 Å². The van der Waals surface area contributed by atoms with Gasteiger partial charge in [-0.15, -0.1) is 0 Å². The Balaban J connectivity index is 1.17. The van der Waals surface area contributed by atoms with Gasteiger partial charge in [0.2, 0.25) is 5.83 Å². The van der Waals surface area contributed by atoms with Crippen LogP contribution in [0.25, 0.3) is 6.08 Å². The summed E-state index contributed by atoms with van der Waals surface area (Å²) in [7, 11) is 0. The quantitative estimate of drug-likeness (QED) is 0.309. The number of ether oxygens (including phenoxy) is 3. The third-order valence-electron chi connectivity index (χ3n) is 8.34. The predicted molar refractivity (Wildman–Crippen MR) is 152 cm³/mol. The lowest BCUT2D eigenvalue weighted by molar-refractivity contribution is -0.134. The summed E-state index contributed by atoms with van der Waals surface area (Å²) in [5.41, 5.74) is 2.33. The maximum Gasteiger partial charge on any atom is 0.364 e. The van der Waals surface area contributed by atoms with E-state index in [1.165, 1.54) is 6.07 Å². The van der Waals surface area contributed by atoms with E-state index in [1.54, 1.807) is 26.0 Å². The fraction of sp³-hybridized carbons (Fsp3) is 0.419. The van der Waals surface area contributed by atoms with Crippen molar-refractivity contribution < 1.29 is 32.9 Å². The maximum atomic E-state index is 14.8. The van der Waals surface area contributed by atoms with Crippen LogP contribution in [0.2, 0.25) is 5.02 Å². The first-order valence-electron chi connectivity index (χ1n) is 14.1. The molecule has 1 aromatic heterocycles. The molecule has 3 aliphatic heterocycles. The maximum absolute atomic E-state index is 14.8. The van der Waals surface area contributed by atoms with Gasteiger partial charge in [0, 0.05) is 30.2 Å². The van der Waals surface area contributed by atoms with Crippen LogP contribution < -0.4 is 9.47 Å². The number of aliphatic carboxylic acids is 1. The van der Waals surface area contributed by atoms with Gasteiger partial charge in [-0.3, -0.25) is 4.90 Å². The van der Waals surface area contributed by atoms with Gasteiger partial charge in [-0.25, -0.2) is 14.2 Å². The number of carbonyl (C=O) groups is 1. The van der Waals surface area contributed by atoms with Gasteiger partial charge in [0.1, 0.15) is 11.6 Å². The van der Waals surface area contributed by atoms with Gasteiger partial charge in [0.15, 0.2) is 11.5 Å². The number of halogens is 3. The number of fused-ring (bicyclic) bond motifs is 1. The van der Waals surface area contributed by atoms with Crippen LogP contribution in [0.1, 0.15) is 60.4 Å². The molecule has 42 heavy (non-hydrogen) atoms. The molecule has 0 unspecified atom stereocenters. The van der Waals surface area contributed by atoms with Crippen molar-refractivity contribution in [1.82, 2.24) is 14.5 Å². The Labute approximate surface area is 247 Å². The molecule has 0 spiro atoms. The molecule has 0 saturated carbocycles. The van der Waals surface area contributed by atoms with E-state index in [1.807, 2.05) is 22.8 Å². The highest BCUT2D eigenvalue weighted by molar-refractivity contribution is 6.30. The lowest BCUT2D eigenvalue weighted by Crippen LogP contribution is -2.35. The number of carboxylic acids is 1. The number of rotatable bonds is 8. The van der Waals surface area contributed by atoms with Gasteiger partial charge in [0.05, 0.1) is 36.1 Å². The number of imidazole rings is 1. The van der Waals surface area contributed by atoms with Crippen LogP contribution in [0.4, 0.5) is 8.78 Å². The normalized spacial score (nSPS) is 22.8. The Morgan fingerprint density at radius 3 is 2.64 bits per heavy atom. The van der Waals surface area contributed by atoms with Crippen molar-refractivity contribution in [2.75, 3.05) is 19.7 Å². The number of aromatic nitrogens is 2. The zero-order valence-corrected chi connectivity index (χ0v) is 24.2. The van der Waals surface area contributed by atoms with E-state index < -0.39 is 23.4 Å². The molecule has 3 aromatic rings. The van der Waals surface area contributed by atoms with Crippen molar-refractivity contribution in [3.63, 3.8) is 0 Å². The van der Waals surface area contributed by atoms with Crippen LogP contribution in [0, 0.1) is 12.7 Å². The van der Waals surface area contributed by atoms with E-state index >= 15 is 0 Å². The van der Waals surface area contributed by atoms with E-state index in [-0.39, 0.29) is 17.6 Å². The molecule has 6 rings (SSSR count). The third-order valence-corrected chi connectivity index (χ3v) is 8.58. The van der Waals surface area contributed by atoms with Crippen molar-refractivity contribution in [1.29, 1.82) is 0 Å². The molecule has 3 aliphatic rings. The first kappa shape index (κ1) is 28.6. The average molecular weight is 600 g/mol. The van der Waals surface area contributed by atoms with E-state index in [4.69, 9.17) is 35.9 Å². The number of hydrogen-bond acceptors (Lipinski definition) is 6. The molecule has 2 atom stereocenters. The van der Waals surface area contributed by atoms with E-state index in [0.29, 0.717) is 47.6 Å². The highest BCUT2D eigenvalue weighted by atomic mass is 35.5. The molecule has 2 aromatic carbocycles. The molecule has 2 saturated heterocycles. The summed E-state index contributed by atoms with van der Waals surface area (Å²) in [4.78, 5) is 18.1. The summed E-state index contributed by atoms with van der Waals surface area (Å²) in [5, 5.41) is 9.38. The van der Waals surface area contributed by atoms with Gasteiger partial charge in [0.25, 0.3) is 5.79 Å². The lowest BCUT2D eigenvalue weighted by atomic mass is 9.88. The van der Waals surface area contributed by atoms with E-state index in [9.17, 15) is 13.6 Å². The number of piperidine rings is 1. The first-order valence-corrected chi connectivity index (χ1v) is 14.5. The lowest BCUT2D eigenvalue weighted by Gasteiger charge is -2.33. The third kappa shape index (κ3) is 5.50. The van der Waals surface area contributed by atoms with Crippen molar-refractivity contribution in [2.24, 2.45) is 0 Å². The minimum Gasteiger partial charge on any atom is -0.476 e. The average Bonchev–Trinajstić information content (AvgIpc) is 3.42. The van der Waals surface area contributed by atoms with Crippen LogP contribution >= 0.6 is 11.6 Å². The monoisotopic (exact) mass is 599 g/mol. The second-order valence-electron chi connectivity index (χ2n) is 11.2. The fourth-order valence-corrected chi connectivity index (χ4v) is 6.16. The minimum atomic E-state index is -1.61. The predicted octanol–water partition coefficient (Wildman–Crippen LogP) is 6.19. The summed E-state index contributed by atoms with van der Waals surface area (Å²) >= 11 is 5.95. The second-order valence-corrected chi connectivity index (χ2v) is 11.6. The number of para-hydroxylation sites is 1. The van der Waals surface area contributed by atoms with Crippen LogP contribution in [-0.2, 0) is 28.4 Å². The van der Waals surface area contributed by atoms with Crippen LogP contribution in [0.5, 0.6) is 11.5 Å². The molecule has 11 heteroatoms. The van der Waals surface area contributed by atoms with Crippen LogP contribution in [-0.4, -0.2) is 51.3 Å². The zero-order valence-electron chi connectivity index (χ0n) is 23.4. The number of hydrogen-bond donors (Lipinski definition) is 1. The molecule has 0 bridgehead atoms. The Hall–Kier alpha value is -3.47. The Kier molecular flexibility index (Phi) is 7.72. The van der Waals surface area contributed by atoms with Gasteiger partial charge < -0.3 is 23.9 Å². The van der Waals surface area contributed by atoms with Gasteiger partial charge in [-0.2, -0.15) is 4.39 Å². The summed E-state index contributed by atoms with van der Waals surface area (Å²) in [5.74, 6) is -2.44. The van der Waals surface area contributed by atoms with Gasteiger partial charge >= 0.3 is 5.97 Å². The Morgan fingerprint density at radius 2 is 1.98 bits per heavy atom. The molecule has 0 radical (unpaired) electrons. The number of benzene rings is 2. The minimum absolute atomic E-state index is 0.00227. The largest absolute Gasteiger partial charge is 0.476 e. The Morgan fingerprint density at radius 1 is 1.21 bits per heavy atom. The molecular weight excluding hydrogens is 568 g/mol. The Bertz CT molecular complexity index is 1550. The number of aryl methyl sites for hydroxylation is 1. The van der Waals surface area contributed by atoms with Crippen LogP contribution in [0.3, 0.4) is 0 Å². The molecule has 2 fully saturated rings. The summed E-state index contributed by atoms with van der Waals surface area (Å²) in [6, 6.07) is 10.3. The van der Waals surface area contributed by atoms with E-state index in [0.717, 1.165) is 49.8 Å². The fourth-order valence-electron chi connectivity index (χ4n) is 6.01. The standard InChI is InChI=1S/C31H32ClF2N3O5/c1-18-26(15-25(34)30(38)39)37(16-21-10-13-40-21)28(35-18)17-36-11-8-19(9-12-36)22-4-3-5-27-29(22)42-31(2,41-27)23-7-6-20(32)14-24(23)33/h3-7,14-15,19,21H,8-13,16-17H2,1-2H3,(H,38,39)/b25-15+/t21-,31-/m0/s1. The summed E-state index contributed by atoms with van der Waals surface area (Å²) < 4.78 is 48.8. The first-order chi connectivity index (χ1) is 20.1. The molecular formula is C31H32ClF2N3O5. The molecule has 222 valence electrons. The van der Waals surface area contributed by atoms with Crippen LogP contribution in [0.15, 0.2) is 42.2 Å². The number of likely N-dealkylation sites (tertiary alicyclic amines) is 1. The SMILES string of the molecule is Cc1nc(CN2CCC(c3cccc4c3O[C@@](C)(c3ccc(Cl)cc3F)O4)CC2)n(C[C@@H]2CCO2)c1/C=C(/F)C(=O)O. The number of carboxylic acid groups (broad SMARTS) is 1. The van der Waals surface area contributed by atoms with Crippen molar-refractivity contribution >= 4 is 23.6 Å². The summed E-state index contributed by atoms with van der Waals surface area (Å²) in [6.07, 6.45) is 3.65. The van der Waals surface area contributed by atoms with Gasteiger partial charge in [-0.05, 0) is 69.5 Å². The van der Waals surface area contributed by atoms with Crippen molar-refractivity contribution in [3.8, 4) is 11.5 Å². The molecule has 1 N–H and O–H groups in total. The van der Waals surface area contributed by atoms with Crippen molar-refractivity contribution in [2.45, 2.75) is 64.0 Å². The molecule has 4 heterocycles. The highest BCUT2D eigenvalue weighted by Crippen LogP contribution is 2.49. The molecule has 8 nitrogen and oxygen atoms in total. The van der Waals surface area contributed by atoms with Crippen molar-refractivity contribution in [3.05, 3.63) is 81.4 Å². The summed E-state index contributed by atoms with van der Waals surface area (Å²) in [6.45, 7) is 6.76. The smallest absolute Gasteiger partial charge is 0.364 e. The highest BCUT2D eigenvalue weighted by Gasteiger charge is 2.43. The van der Waals surface area contributed by atoms with E-state index in [2.05, 4.69) is 4.90 Å². The van der Waals surface area contributed by atoms with Gasteiger partial charge in [-0.1, -0.05) is 23.7 Å². The number of nitrogens with zero attached hydrogens (tertiary/aromatic N) is 3. The molecule has 0 amide bonds.